The number of benzene rings is 2. The van der Waals surface area contributed by atoms with Gasteiger partial charge in [-0.2, -0.15) is 0 Å². The molecule has 3 aromatic rings. The first-order chi connectivity index (χ1) is 12.5. The number of carbonyl (C=O) groups is 1. The van der Waals surface area contributed by atoms with Crippen molar-refractivity contribution < 1.29 is 18.0 Å². The molecule has 26 heavy (non-hydrogen) atoms. The van der Waals surface area contributed by atoms with Crippen LogP contribution in [0.1, 0.15) is 10.4 Å². The SMILES string of the molecule is CN(c1ccccc1)c1ncc(C(=O)Nc2ccc(F)c(F)c2F)cn1. The van der Waals surface area contributed by atoms with Gasteiger partial charge < -0.3 is 10.2 Å². The van der Waals surface area contributed by atoms with Gasteiger partial charge in [-0.1, -0.05) is 18.2 Å². The van der Waals surface area contributed by atoms with Crippen molar-refractivity contribution in [1.29, 1.82) is 0 Å². The van der Waals surface area contributed by atoms with Gasteiger partial charge in [0.05, 0.1) is 11.3 Å². The highest BCUT2D eigenvalue weighted by Gasteiger charge is 2.17. The van der Waals surface area contributed by atoms with Crippen LogP contribution in [-0.4, -0.2) is 22.9 Å². The number of hydrogen-bond acceptors (Lipinski definition) is 4. The van der Waals surface area contributed by atoms with Crippen LogP contribution in [0, 0.1) is 17.5 Å². The molecule has 0 unspecified atom stereocenters. The minimum Gasteiger partial charge on any atom is -0.319 e. The molecule has 1 amide bonds. The fourth-order valence-electron chi connectivity index (χ4n) is 2.20. The summed E-state index contributed by atoms with van der Waals surface area (Å²) in [6.45, 7) is 0. The van der Waals surface area contributed by atoms with Crippen LogP contribution in [0.2, 0.25) is 0 Å². The topological polar surface area (TPSA) is 58.1 Å². The van der Waals surface area contributed by atoms with Crippen LogP contribution in [0.15, 0.2) is 54.9 Å². The predicted molar refractivity (Wildman–Crippen MR) is 90.8 cm³/mol. The molecule has 0 saturated carbocycles. The fraction of sp³-hybridized carbons (Fsp3) is 0.0556. The summed E-state index contributed by atoms with van der Waals surface area (Å²) in [6, 6.07) is 11.0. The number of nitrogens with zero attached hydrogens (tertiary/aromatic N) is 3. The van der Waals surface area contributed by atoms with Crippen LogP contribution >= 0.6 is 0 Å². The van der Waals surface area contributed by atoms with Gasteiger partial charge in [-0.25, -0.2) is 23.1 Å². The van der Waals surface area contributed by atoms with Crippen molar-refractivity contribution in [3.8, 4) is 0 Å². The first kappa shape index (κ1) is 17.4. The van der Waals surface area contributed by atoms with Crippen LogP contribution in [0.4, 0.5) is 30.5 Å². The molecule has 5 nitrogen and oxygen atoms in total. The standard InChI is InChI=1S/C18H13F3N4O/c1-25(12-5-3-2-4-6-12)18-22-9-11(10-23-18)17(26)24-14-8-7-13(19)15(20)16(14)21/h2-10H,1H3,(H,24,26). The van der Waals surface area contributed by atoms with E-state index >= 15 is 0 Å². The molecule has 0 saturated heterocycles. The van der Waals surface area contributed by atoms with Crippen LogP contribution in [0.5, 0.6) is 0 Å². The van der Waals surface area contributed by atoms with E-state index in [9.17, 15) is 18.0 Å². The second kappa shape index (κ2) is 7.22. The van der Waals surface area contributed by atoms with Gasteiger partial charge >= 0.3 is 0 Å². The van der Waals surface area contributed by atoms with E-state index < -0.39 is 29.0 Å². The highest BCUT2D eigenvalue weighted by Crippen LogP contribution is 2.21. The summed E-state index contributed by atoms with van der Waals surface area (Å²) in [5, 5.41) is 2.16. The predicted octanol–water partition coefficient (Wildman–Crippen LogP) is 3.91. The largest absolute Gasteiger partial charge is 0.319 e. The zero-order chi connectivity index (χ0) is 18.7. The molecule has 0 aliphatic rings. The maximum atomic E-state index is 13.6. The van der Waals surface area contributed by atoms with Crippen molar-refractivity contribution >= 4 is 23.2 Å². The van der Waals surface area contributed by atoms with Gasteiger partial charge in [0, 0.05) is 25.1 Å². The second-order valence-electron chi connectivity index (χ2n) is 5.34. The number of carbonyl (C=O) groups excluding carboxylic acids is 1. The number of para-hydroxylation sites is 1. The summed E-state index contributed by atoms with van der Waals surface area (Å²) >= 11 is 0. The minimum atomic E-state index is -1.65. The summed E-state index contributed by atoms with van der Waals surface area (Å²) in [4.78, 5) is 22.0. The van der Waals surface area contributed by atoms with Crippen molar-refractivity contribution in [3.05, 3.63) is 77.9 Å². The molecule has 0 radical (unpaired) electrons. The average molecular weight is 358 g/mol. The monoisotopic (exact) mass is 358 g/mol. The van der Waals surface area contributed by atoms with Crippen molar-refractivity contribution in [1.82, 2.24) is 9.97 Å². The van der Waals surface area contributed by atoms with Gasteiger partial charge in [0.25, 0.3) is 5.91 Å². The van der Waals surface area contributed by atoms with Gasteiger partial charge in [0.2, 0.25) is 5.95 Å². The molecular formula is C18H13F3N4O. The number of aromatic nitrogens is 2. The molecule has 0 aliphatic carbocycles. The molecule has 1 heterocycles. The van der Waals surface area contributed by atoms with Gasteiger partial charge in [0.1, 0.15) is 0 Å². The molecule has 1 N–H and O–H groups in total. The number of anilines is 3. The summed E-state index contributed by atoms with van der Waals surface area (Å²) in [5.74, 6) is -4.86. The number of nitrogens with one attached hydrogen (secondary N) is 1. The smallest absolute Gasteiger partial charge is 0.258 e. The Hall–Kier alpha value is -3.42. The summed E-state index contributed by atoms with van der Waals surface area (Å²) in [5.41, 5.74) is 0.423. The third kappa shape index (κ3) is 3.49. The lowest BCUT2D eigenvalue weighted by atomic mass is 10.2. The lowest BCUT2D eigenvalue weighted by molar-refractivity contribution is 0.102. The zero-order valence-corrected chi connectivity index (χ0v) is 13.6. The minimum absolute atomic E-state index is 0.0411. The lowest BCUT2D eigenvalue weighted by Crippen LogP contribution is -2.17. The van der Waals surface area contributed by atoms with E-state index in [0.29, 0.717) is 5.95 Å². The Balaban J connectivity index is 1.76. The molecule has 0 aliphatic heterocycles. The van der Waals surface area contributed by atoms with Crippen LogP contribution in [0.25, 0.3) is 0 Å². The first-order valence-electron chi connectivity index (χ1n) is 7.53. The summed E-state index contributed by atoms with van der Waals surface area (Å²) < 4.78 is 39.8. The maximum absolute atomic E-state index is 13.6. The molecular weight excluding hydrogens is 345 g/mol. The number of rotatable bonds is 4. The molecule has 1 aromatic heterocycles. The molecule has 3 rings (SSSR count). The lowest BCUT2D eigenvalue weighted by Gasteiger charge is -2.16. The zero-order valence-electron chi connectivity index (χ0n) is 13.6. The third-order valence-electron chi connectivity index (χ3n) is 3.63. The van der Waals surface area contributed by atoms with Crippen molar-refractivity contribution in [2.75, 3.05) is 17.3 Å². The third-order valence-corrected chi connectivity index (χ3v) is 3.63. The van der Waals surface area contributed by atoms with E-state index in [1.807, 2.05) is 30.3 Å². The first-order valence-corrected chi connectivity index (χ1v) is 7.53. The number of amides is 1. The Kier molecular flexibility index (Phi) is 4.83. The highest BCUT2D eigenvalue weighted by atomic mass is 19.2. The Bertz CT molecular complexity index is 933. The Labute approximate surface area is 147 Å². The van der Waals surface area contributed by atoms with Crippen LogP contribution in [0.3, 0.4) is 0 Å². The van der Waals surface area contributed by atoms with Gasteiger partial charge in [-0.3, -0.25) is 4.79 Å². The maximum Gasteiger partial charge on any atom is 0.258 e. The molecule has 0 bridgehead atoms. The average Bonchev–Trinajstić information content (AvgIpc) is 2.68. The van der Waals surface area contributed by atoms with E-state index in [1.165, 1.54) is 12.4 Å². The van der Waals surface area contributed by atoms with Crippen molar-refractivity contribution in [3.63, 3.8) is 0 Å². The quantitative estimate of drug-likeness (QED) is 0.719. The Morgan fingerprint density at radius 2 is 1.62 bits per heavy atom. The summed E-state index contributed by atoms with van der Waals surface area (Å²) in [6.07, 6.45) is 2.52. The van der Waals surface area contributed by atoms with E-state index in [0.717, 1.165) is 17.8 Å². The van der Waals surface area contributed by atoms with Gasteiger partial charge in [0.15, 0.2) is 17.5 Å². The van der Waals surface area contributed by atoms with Gasteiger partial charge in [-0.05, 0) is 24.3 Å². The van der Waals surface area contributed by atoms with Crippen LogP contribution in [-0.2, 0) is 0 Å². The Morgan fingerprint density at radius 3 is 2.27 bits per heavy atom. The molecule has 0 atom stereocenters. The Morgan fingerprint density at radius 1 is 0.962 bits per heavy atom. The van der Waals surface area contributed by atoms with E-state index in [-0.39, 0.29) is 5.56 Å². The molecule has 2 aromatic carbocycles. The fourth-order valence-corrected chi connectivity index (χ4v) is 2.20. The molecule has 132 valence electrons. The van der Waals surface area contributed by atoms with E-state index in [1.54, 1.807) is 11.9 Å². The molecule has 0 spiro atoms. The van der Waals surface area contributed by atoms with Gasteiger partial charge in [-0.15, -0.1) is 0 Å². The van der Waals surface area contributed by atoms with E-state index in [2.05, 4.69) is 15.3 Å². The summed E-state index contributed by atoms with van der Waals surface area (Å²) in [7, 11) is 1.76. The molecule has 0 fully saturated rings. The van der Waals surface area contributed by atoms with Crippen molar-refractivity contribution in [2.24, 2.45) is 0 Å². The van der Waals surface area contributed by atoms with Crippen molar-refractivity contribution in [2.45, 2.75) is 0 Å². The van der Waals surface area contributed by atoms with Crippen LogP contribution < -0.4 is 10.2 Å². The normalized spacial score (nSPS) is 10.5. The molecule has 8 heteroatoms. The number of halogens is 3. The number of hydrogen-bond donors (Lipinski definition) is 1. The highest BCUT2D eigenvalue weighted by molar-refractivity contribution is 6.04. The van der Waals surface area contributed by atoms with E-state index in [4.69, 9.17) is 0 Å². The second-order valence-corrected chi connectivity index (χ2v) is 5.34.